The fourth-order valence-corrected chi connectivity index (χ4v) is 3.50. The fraction of sp³-hybridized carbons (Fsp3) is 0.647. The molecular weight excluding hydrogens is 248 g/mol. The van der Waals surface area contributed by atoms with Crippen molar-refractivity contribution in [2.24, 2.45) is 0 Å². The minimum atomic E-state index is 0.495. The Bertz CT molecular complexity index is 416. The lowest BCUT2D eigenvalue weighted by Crippen LogP contribution is -2.62. The van der Waals surface area contributed by atoms with Crippen molar-refractivity contribution in [3.63, 3.8) is 0 Å². The molecule has 2 atom stereocenters. The molecule has 1 heterocycles. The fourth-order valence-electron chi connectivity index (χ4n) is 3.50. The van der Waals surface area contributed by atoms with Gasteiger partial charge in [0.2, 0.25) is 0 Å². The Labute approximate surface area is 122 Å². The summed E-state index contributed by atoms with van der Waals surface area (Å²) in [6.45, 7) is 4.61. The first kappa shape index (κ1) is 14.1. The van der Waals surface area contributed by atoms with Gasteiger partial charge in [-0.1, -0.05) is 30.3 Å². The van der Waals surface area contributed by atoms with Gasteiger partial charge in [0.15, 0.2) is 0 Å². The predicted molar refractivity (Wildman–Crippen MR) is 81.9 cm³/mol. The van der Waals surface area contributed by atoms with Crippen molar-refractivity contribution >= 4 is 0 Å². The smallest absolute Gasteiger partial charge is 0.0601 e. The van der Waals surface area contributed by atoms with Crippen molar-refractivity contribution in [1.29, 1.82) is 0 Å². The summed E-state index contributed by atoms with van der Waals surface area (Å²) in [5.41, 5.74) is 1.43. The molecule has 20 heavy (non-hydrogen) atoms. The van der Waals surface area contributed by atoms with E-state index in [1.165, 1.54) is 18.4 Å². The summed E-state index contributed by atoms with van der Waals surface area (Å²) in [5, 5.41) is 3.70. The van der Waals surface area contributed by atoms with E-state index in [9.17, 15) is 0 Å². The van der Waals surface area contributed by atoms with E-state index in [-0.39, 0.29) is 0 Å². The van der Waals surface area contributed by atoms with Gasteiger partial charge in [0.05, 0.1) is 6.10 Å². The Morgan fingerprint density at radius 3 is 2.70 bits per heavy atom. The molecule has 1 aliphatic heterocycles. The highest BCUT2D eigenvalue weighted by Gasteiger charge is 2.38. The monoisotopic (exact) mass is 274 g/mol. The number of piperazine rings is 1. The number of nitrogens with one attached hydrogen (secondary N) is 1. The molecule has 2 fully saturated rings. The van der Waals surface area contributed by atoms with Gasteiger partial charge in [0.1, 0.15) is 0 Å². The summed E-state index contributed by atoms with van der Waals surface area (Å²) >= 11 is 0. The first-order valence-corrected chi connectivity index (χ1v) is 7.82. The van der Waals surface area contributed by atoms with Crippen molar-refractivity contribution in [1.82, 2.24) is 10.2 Å². The maximum absolute atomic E-state index is 5.42. The molecule has 1 aromatic rings. The molecule has 1 N–H and O–H groups in total. The van der Waals surface area contributed by atoms with Crippen LogP contribution in [0.5, 0.6) is 0 Å². The molecule has 0 amide bonds. The zero-order valence-corrected chi connectivity index (χ0v) is 12.6. The van der Waals surface area contributed by atoms with E-state index < -0.39 is 0 Å². The van der Waals surface area contributed by atoms with E-state index >= 15 is 0 Å². The molecule has 1 aliphatic carbocycles. The number of hydrogen-bond acceptors (Lipinski definition) is 3. The van der Waals surface area contributed by atoms with Crippen molar-refractivity contribution in [3.8, 4) is 0 Å². The highest BCUT2D eigenvalue weighted by atomic mass is 16.5. The third-order valence-corrected chi connectivity index (χ3v) is 4.90. The Morgan fingerprint density at radius 2 is 2.00 bits per heavy atom. The van der Waals surface area contributed by atoms with E-state index in [2.05, 4.69) is 47.5 Å². The van der Waals surface area contributed by atoms with Gasteiger partial charge in [-0.3, -0.25) is 4.90 Å². The third-order valence-electron chi connectivity index (χ3n) is 4.90. The molecule has 0 radical (unpaired) electrons. The highest BCUT2D eigenvalue weighted by molar-refractivity contribution is 5.16. The van der Waals surface area contributed by atoms with Crippen molar-refractivity contribution in [2.45, 2.75) is 50.4 Å². The van der Waals surface area contributed by atoms with Crippen LogP contribution in [0.25, 0.3) is 0 Å². The molecule has 1 aromatic carbocycles. The average Bonchev–Trinajstić information content (AvgIpc) is 2.42. The molecule has 110 valence electrons. The molecule has 1 saturated heterocycles. The number of ether oxygens (including phenoxy) is 1. The molecule has 0 bridgehead atoms. The zero-order chi connectivity index (χ0) is 13.9. The first-order valence-electron chi connectivity index (χ1n) is 7.82. The summed E-state index contributed by atoms with van der Waals surface area (Å²) in [4.78, 5) is 2.69. The Morgan fingerprint density at radius 1 is 1.25 bits per heavy atom. The van der Waals surface area contributed by atoms with Crippen LogP contribution in [-0.2, 0) is 11.2 Å². The number of nitrogens with zero attached hydrogens (tertiary/aromatic N) is 1. The second kappa shape index (κ2) is 6.25. The maximum atomic E-state index is 5.42. The van der Waals surface area contributed by atoms with Gasteiger partial charge in [-0.25, -0.2) is 0 Å². The van der Waals surface area contributed by atoms with Crippen LogP contribution in [0, 0.1) is 0 Å². The summed E-state index contributed by atoms with van der Waals surface area (Å²) in [6.07, 6.45) is 4.04. The van der Waals surface area contributed by atoms with E-state index in [0.29, 0.717) is 18.2 Å². The van der Waals surface area contributed by atoms with E-state index in [0.717, 1.165) is 25.6 Å². The number of benzene rings is 1. The predicted octanol–water partition coefficient (Wildman–Crippen LogP) is 2.07. The molecule has 3 nitrogen and oxygen atoms in total. The highest BCUT2D eigenvalue weighted by Crippen LogP contribution is 2.30. The lowest BCUT2D eigenvalue weighted by molar-refractivity contribution is -0.0490. The van der Waals surface area contributed by atoms with Crippen LogP contribution >= 0.6 is 0 Å². The quantitative estimate of drug-likeness (QED) is 0.909. The molecule has 1 saturated carbocycles. The lowest BCUT2D eigenvalue weighted by atomic mass is 9.85. The molecule has 0 aromatic heterocycles. The van der Waals surface area contributed by atoms with Crippen molar-refractivity contribution < 1.29 is 4.74 Å². The van der Waals surface area contributed by atoms with Crippen LogP contribution in [0.1, 0.15) is 25.3 Å². The summed E-state index contributed by atoms with van der Waals surface area (Å²) in [6, 6.07) is 12.8. The van der Waals surface area contributed by atoms with E-state index in [4.69, 9.17) is 4.74 Å². The third kappa shape index (κ3) is 3.05. The van der Waals surface area contributed by atoms with Gasteiger partial charge in [0, 0.05) is 38.3 Å². The van der Waals surface area contributed by atoms with Crippen LogP contribution in [0.2, 0.25) is 0 Å². The van der Waals surface area contributed by atoms with Crippen LogP contribution < -0.4 is 5.32 Å². The number of hydrogen-bond donors (Lipinski definition) is 1. The summed E-state index contributed by atoms with van der Waals surface area (Å²) in [5.74, 6) is 0. The van der Waals surface area contributed by atoms with Crippen molar-refractivity contribution in [2.75, 3.05) is 20.2 Å². The summed E-state index contributed by atoms with van der Waals surface area (Å²) in [7, 11) is 1.83. The Kier molecular flexibility index (Phi) is 4.39. The SMILES string of the molecule is COC1CC(N2CC(Cc3ccccc3)NCC2C)C1. The number of methoxy groups -OCH3 is 1. The minimum Gasteiger partial charge on any atom is -0.381 e. The minimum absolute atomic E-state index is 0.495. The van der Waals surface area contributed by atoms with E-state index in [1.807, 2.05) is 7.11 Å². The van der Waals surface area contributed by atoms with E-state index in [1.54, 1.807) is 0 Å². The summed E-state index contributed by atoms with van der Waals surface area (Å²) < 4.78 is 5.42. The molecule has 2 aliphatic rings. The molecule has 2 unspecified atom stereocenters. The maximum Gasteiger partial charge on any atom is 0.0601 e. The zero-order valence-electron chi connectivity index (χ0n) is 12.6. The first-order chi connectivity index (χ1) is 9.76. The van der Waals surface area contributed by atoms with Gasteiger partial charge in [0.25, 0.3) is 0 Å². The topological polar surface area (TPSA) is 24.5 Å². The van der Waals surface area contributed by atoms with Crippen LogP contribution in [0.4, 0.5) is 0 Å². The van der Waals surface area contributed by atoms with Crippen LogP contribution in [0.3, 0.4) is 0 Å². The van der Waals surface area contributed by atoms with Gasteiger partial charge in [-0.2, -0.15) is 0 Å². The standard InChI is InChI=1S/C17H26N2O/c1-13-11-18-15(8-14-6-4-3-5-7-14)12-19(13)16-9-17(10-16)20-2/h3-7,13,15-18H,8-12H2,1-2H3. The van der Waals surface area contributed by atoms with Gasteiger partial charge < -0.3 is 10.1 Å². The van der Waals surface area contributed by atoms with Crippen LogP contribution in [-0.4, -0.2) is 49.3 Å². The second-order valence-electron chi connectivity index (χ2n) is 6.32. The number of rotatable bonds is 4. The largest absolute Gasteiger partial charge is 0.381 e. The van der Waals surface area contributed by atoms with Gasteiger partial charge in [-0.05, 0) is 31.7 Å². The molecule has 0 spiro atoms. The van der Waals surface area contributed by atoms with Gasteiger partial charge >= 0.3 is 0 Å². The molecular formula is C17H26N2O. The molecule has 3 rings (SSSR count). The van der Waals surface area contributed by atoms with Crippen molar-refractivity contribution in [3.05, 3.63) is 35.9 Å². The Balaban J connectivity index is 1.56. The van der Waals surface area contributed by atoms with Gasteiger partial charge in [-0.15, -0.1) is 0 Å². The normalized spacial score (nSPS) is 34.7. The molecule has 3 heteroatoms. The lowest BCUT2D eigenvalue weighted by Gasteiger charge is -2.49. The Hall–Kier alpha value is -0.900. The van der Waals surface area contributed by atoms with Crippen LogP contribution in [0.15, 0.2) is 30.3 Å². The second-order valence-corrected chi connectivity index (χ2v) is 6.32. The average molecular weight is 274 g/mol.